The second-order valence-corrected chi connectivity index (χ2v) is 5.84. The minimum absolute atomic E-state index is 0.309. The molecule has 0 atom stereocenters. The summed E-state index contributed by atoms with van der Waals surface area (Å²) in [4.78, 5) is 0.309. The van der Waals surface area contributed by atoms with Gasteiger partial charge in [0, 0.05) is 5.75 Å². The van der Waals surface area contributed by atoms with Crippen molar-refractivity contribution in [1.82, 2.24) is 4.13 Å². The molecule has 0 saturated heterocycles. The van der Waals surface area contributed by atoms with E-state index in [1.54, 1.807) is 24.3 Å². The fourth-order valence-corrected chi connectivity index (χ4v) is 2.87. The molecule has 3 nitrogen and oxygen atoms in total. The molecule has 1 aromatic rings. The van der Waals surface area contributed by atoms with Gasteiger partial charge in [-0.15, -0.1) is 0 Å². The first-order chi connectivity index (χ1) is 6.56. The summed E-state index contributed by atoms with van der Waals surface area (Å²) in [7, 11) is -3.33. The van der Waals surface area contributed by atoms with E-state index < -0.39 is 10.0 Å². The summed E-state index contributed by atoms with van der Waals surface area (Å²) >= 11 is 1.18. The average molecular weight is 231 g/mol. The van der Waals surface area contributed by atoms with E-state index in [1.807, 2.05) is 13.8 Å². The average Bonchev–Trinajstić information content (AvgIpc) is 2.16. The van der Waals surface area contributed by atoms with Crippen molar-refractivity contribution in [3.05, 3.63) is 29.8 Å². The molecule has 5 heteroatoms. The highest BCUT2D eigenvalue weighted by Gasteiger charge is 2.12. The van der Waals surface area contributed by atoms with Crippen LogP contribution >= 0.6 is 11.9 Å². The van der Waals surface area contributed by atoms with Crippen LogP contribution in [0.1, 0.15) is 12.5 Å². The lowest BCUT2D eigenvalue weighted by Crippen LogP contribution is -2.16. The standard InChI is InChI=1S/C9H13NO2S2/c1-3-13-10-14(11,12)9-6-4-8(2)5-7-9/h4-7,10H,3H2,1-2H3. The van der Waals surface area contributed by atoms with Crippen LogP contribution in [-0.2, 0) is 10.0 Å². The van der Waals surface area contributed by atoms with E-state index in [0.29, 0.717) is 10.6 Å². The SMILES string of the molecule is CCSNS(=O)(=O)c1ccc(C)cc1. The normalized spacial score (nSPS) is 11.6. The van der Waals surface area contributed by atoms with Crippen molar-refractivity contribution in [2.75, 3.05) is 5.75 Å². The number of nitrogens with one attached hydrogen (secondary N) is 1. The third-order valence-electron chi connectivity index (χ3n) is 1.64. The Kier molecular flexibility index (Phi) is 3.97. The molecule has 0 unspecified atom stereocenters. The first-order valence-corrected chi connectivity index (χ1v) is 6.73. The number of hydrogen-bond donors (Lipinski definition) is 1. The Labute approximate surface area is 89.1 Å². The fraction of sp³-hybridized carbons (Fsp3) is 0.333. The van der Waals surface area contributed by atoms with Gasteiger partial charge in [-0.3, -0.25) is 0 Å². The van der Waals surface area contributed by atoms with E-state index in [1.165, 1.54) is 11.9 Å². The molecule has 0 spiro atoms. The van der Waals surface area contributed by atoms with Gasteiger partial charge in [0.2, 0.25) is 10.0 Å². The molecule has 78 valence electrons. The van der Waals surface area contributed by atoms with E-state index in [2.05, 4.69) is 4.13 Å². The van der Waals surface area contributed by atoms with Gasteiger partial charge >= 0.3 is 0 Å². The van der Waals surface area contributed by atoms with Crippen LogP contribution in [0, 0.1) is 6.92 Å². The second kappa shape index (κ2) is 4.82. The van der Waals surface area contributed by atoms with E-state index in [4.69, 9.17) is 0 Å². The highest BCUT2D eigenvalue weighted by atomic mass is 32.3. The van der Waals surface area contributed by atoms with E-state index in [-0.39, 0.29) is 0 Å². The van der Waals surface area contributed by atoms with Gasteiger partial charge in [-0.25, -0.2) is 8.42 Å². The Balaban J connectivity index is 2.87. The molecule has 0 aliphatic rings. The van der Waals surface area contributed by atoms with Crippen LogP contribution in [0.2, 0.25) is 0 Å². The van der Waals surface area contributed by atoms with Crippen LogP contribution in [0.25, 0.3) is 0 Å². The zero-order chi connectivity index (χ0) is 10.6. The summed E-state index contributed by atoms with van der Waals surface area (Å²) in [5.74, 6) is 0.713. The highest BCUT2D eigenvalue weighted by Crippen LogP contribution is 2.11. The van der Waals surface area contributed by atoms with Crippen molar-refractivity contribution in [2.45, 2.75) is 18.7 Å². The van der Waals surface area contributed by atoms with Gasteiger partial charge in [-0.2, -0.15) is 4.13 Å². The maximum absolute atomic E-state index is 11.6. The van der Waals surface area contributed by atoms with E-state index in [9.17, 15) is 8.42 Å². The summed E-state index contributed by atoms with van der Waals surface area (Å²) in [6.45, 7) is 3.81. The minimum Gasteiger partial charge on any atom is -0.206 e. The van der Waals surface area contributed by atoms with Crippen LogP contribution in [0.3, 0.4) is 0 Å². The molecule has 0 radical (unpaired) electrons. The molecule has 0 amide bonds. The quantitative estimate of drug-likeness (QED) is 0.806. The monoisotopic (exact) mass is 231 g/mol. The van der Waals surface area contributed by atoms with Crippen LogP contribution in [0.15, 0.2) is 29.2 Å². The molecule has 0 heterocycles. The Morgan fingerprint density at radius 3 is 2.36 bits per heavy atom. The third-order valence-corrected chi connectivity index (χ3v) is 4.17. The van der Waals surface area contributed by atoms with Crippen molar-refractivity contribution in [1.29, 1.82) is 0 Å². The lowest BCUT2D eigenvalue weighted by atomic mass is 10.2. The summed E-state index contributed by atoms with van der Waals surface area (Å²) in [5, 5.41) is 0. The number of aryl methyl sites for hydroxylation is 1. The van der Waals surface area contributed by atoms with Gasteiger partial charge in [0.05, 0.1) is 4.90 Å². The van der Waals surface area contributed by atoms with Crippen LogP contribution in [0.5, 0.6) is 0 Å². The van der Waals surface area contributed by atoms with Crippen LogP contribution in [0.4, 0.5) is 0 Å². The molecule has 0 aromatic heterocycles. The Hall–Kier alpha value is -0.520. The van der Waals surface area contributed by atoms with Crippen molar-refractivity contribution >= 4 is 22.0 Å². The summed E-state index contributed by atoms with van der Waals surface area (Å²) in [5.41, 5.74) is 1.05. The maximum atomic E-state index is 11.6. The van der Waals surface area contributed by atoms with Gasteiger partial charge in [-0.1, -0.05) is 36.6 Å². The third kappa shape index (κ3) is 3.01. The molecule has 0 fully saturated rings. The van der Waals surface area contributed by atoms with Crippen molar-refractivity contribution in [2.24, 2.45) is 0 Å². The minimum atomic E-state index is -3.33. The maximum Gasteiger partial charge on any atom is 0.249 e. The molecule has 14 heavy (non-hydrogen) atoms. The molecule has 1 aromatic carbocycles. The van der Waals surface area contributed by atoms with Crippen LogP contribution in [-0.4, -0.2) is 14.2 Å². The molecule has 1 rings (SSSR count). The summed E-state index contributed by atoms with van der Waals surface area (Å²) in [6.07, 6.45) is 0. The van der Waals surface area contributed by atoms with Crippen molar-refractivity contribution in [3.63, 3.8) is 0 Å². The van der Waals surface area contributed by atoms with Gasteiger partial charge in [0.1, 0.15) is 0 Å². The second-order valence-electron chi connectivity index (χ2n) is 2.83. The molecule has 0 aliphatic carbocycles. The number of benzene rings is 1. The summed E-state index contributed by atoms with van der Waals surface area (Å²) < 4.78 is 25.6. The lowest BCUT2D eigenvalue weighted by Gasteiger charge is -2.04. The highest BCUT2D eigenvalue weighted by molar-refractivity contribution is 8.09. The fourth-order valence-electron chi connectivity index (χ4n) is 0.902. The van der Waals surface area contributed by atoms with Crippen LogP contribution < -0.4 is 4.13 Å². The summed E-state index contributed by atoms with van der Waals surface area (Å²) in [6, 6.07) is 6.78. The van der Waals surface area contributed by atoms with Gasteiger partial charge in [0.15, 0.2) is 0 Å². The predicted molar refractivity (Wildman–Crippen MR) is 59.6 cm³/mol. The van der Waals surface area contributed by atoms with Gasteiger partial charge in [0.25, 0.3) is 0 Å². The largest absolute Gasteiger partial charge is 0.249 e. The zero-order valence-electron chi connectivity index (χ0n) is 8.15. The number of hydrogen-bond acceptors (Lipinski definition) is 3. The zero-order valence-corrected chi connectivity index (χ0v) is 9.78. The molecule has 0 saturated carbocycles. The Morgan fingerprint density at radius 1 is 1.29 bits per heavy atom. The number of sulfonamides is 1. The van der Waals surface area contributed by atoms with Crippen molar-refractivity contribution in [3.8, 4) is 0 Å². The Morgan fingerprint density at radius 2 is 1.86 bits per heavy atom. The van der Waals surface area contributed by atoms with Gasteiger partial charge < -0.3 is 0 Å². The van der Waals surface area contributed by atoms with E-state index >= 15 is 0 Å². The molecule has 0 bridgehead atoms. The Bertz CT molecular complexity index is 384. The van der Waals surface area contributed by atoms with Gasteiger partial charge in [-0.05, 0) is 19.1 Å². The lowest BCUT2D eigenvalue weighted by molar-refractivity contribution is 0.594. The predicted octanol–water partition coefficient (Wildman–Crippen LogP) is 1.94. The molecular formula is C9H13NO2S2. The first kappa shape index (κ1) is 11.6. The smallest absolute Gasteiger partial charge is 0.206 e. The first-order valence-electron chi connectivity index (χ1n) is 4.26. The molecular weight excluding hydrogens is 218 g/mol. The van der Waals surface area contributed by atoms with E-state index in [0.717, 1.165) is 5.56 Å². The molecule has 1 N–H and O–H groups in total. The number of rotatable bonds is 4. The molecule has 0 aliphatic heterocycles. The topological polar surface area (TPSA) is 46.2 Å². The van der Waals surface area contributed by atoms with Crippen molar-refractivity contribution < 1.29 is 8.42 Å².